The van der Waals surface area contributed by atoms with Gasteiger partial charge >= 0.3 is 5.97 Å². The zero-order chi connectivity index (χ0) is 19.2. The maximum Gasteiger partial charge on any atom is 0.345 e. The van der Waals surface area contributed by atoms with Crippen LogP contribution in [-0.2, 0) is 28.6 Å². The second-order valence-electron chi connectivity index (χ2n) is 6.97. The van der Waals surface area contributed by atoms with Crippen LogP contribution >= 0.6 is 11.3 Å². The number of amides is 1. The van der Waals surface area contributed by atoms with E-state index in [9.17, 15) is 19.5 Å². The lowest BCUT2D eigenvalue weighted by Gasteiger charge is -2.43. The minimum absolute atomic E-state index is 0.322. The number of carbonyl (C=O) groups excluding carboxylic acids is 2. The molecular weight excluding hydrogens is 368 g/mol. The Morgan fingerprint density at radius 3 is 2.63 bits per heavy atom. The highest BCUT2D eigenvalue weighted by Gasteiger charge is 2.44. The van der Waals surface area contributed by atoms with E-state index in [2.05, 4.69) is 0 Å². The molecule has 7 nitrogen and oxygen atoms in total. The highest BCUT2D eigenvalue weighted by atomic mass is 32.1. The Morgan fingerprint density at radius 2 is 2.00 bits per heavy atom. The highest BCUT2D eigenvalue weighted by Crippen LogP contribution is 2.44. The van der Waals surface area contributed by atoms with Crippen LogP contribution in [0.15, 0.2) is 24.4 Å². The molecule has 142 valence electrons. The maximum absolute atomic E-state index is 12.6. The summed E-state index contributed by atoms with van der Waals surface area (Å²) in [6.45, 7) is 1.36. The number of aromatic carboxylic acids is 1. The van der Waals surface area contributed by atoms with Crippen molar-refractivity contribution in [3.63, 3.8) is 0 Å². The molecule has 0 aliphatic carbocycles. The van der Waals surface area contributed by atoms with E-state index in [4.69, 9.17) is 4.74 Å². The Bertz CT molecular complexity index is 920. The van der Waals surface area contributed by atoms with E-state index in [1.54, 1.807) is 40.9 Å². The Hall–Kier alpha value is -2.45. The van der Waals surface area contributed by atoms with Crippen molar-refractivity contribution in [1.82, 2.24) is 9.47 Å². The van der Waals surface area contributed by atoms with Gasteiger partial charge in [-0.1, -0.05) is 0 Å². The summed E-state index contributed by atoms with van der Waals surface area (Å²) in [5.74, 6) is -1.93. The number of hydrogen-bond donors (Lipinski definition) is 1. The number of piperidine rings is 1. The summed E-state index contributed by atoms with van der Waals surface area (Å²) in [4.78, 5) is 39.3. The van der Waals surface area contributed by atoms with Crippen LogP contribution in [-0.4, -0.2) is 51.9 Å². The molecule has 0 atom stereocenters. The van der Waals surface area contributed by atoms with Gasteiger partial charge in [-0.25, -0.2) is 4.79 Å². The van der Waals surface area contributed by atoms with Crippen LogP contribution in [0.25, 0.3) is 0 Å². The molecule has 8 heteroatoms. The zero-order valence-corrected chi connectivity index (χ0v) is 15.8. The van der Waals surface area contributed by atoms with E-state index in [0.29, 0.717) is 49.5 Å². The molecule has 2 aromatic rings. The molecule has 1 fully saturated rings. The first-order chi connectivity index (χ1) is 12.9. The van der Waals surface area contributed by atoms with E-state index in [1.807, 2.05) is 0 Å². The molecular formula is C19H20N2O5S. The molecule has 1 amide bonds. The third kappa shape index (κ3) is 2.98. The summed E-state index contributed by atoms with van der Waals surface area (Å²) in [5.41, 5.74) is 0.764. The molecule has 0 aromatic carbocycles. The van der Waals surface area contributed by atoms with Crippen LogP contribution in [0, 0.1) is 0 Å². The van der Waals surface area contributed by atoms with Crippen LogP contribution in [0.4, 0.5) is 0 Å². The van der Waals surface area contributed by atoms with E-state index >= 15 is 0 Å². The number of Topliss-reactive ketones (excluding diaryl/α,β-unsaturated/α-hetero) is 1. The zero-order valence-electron chi connectivity index (χ0n) is 14.9. The van der Waals surface area contributed by atoms with Crippen molar-refractivity contribution < 1.29 is 24.2 Å². The summed E-state index contributed by atoms with van der Waals surface area (Å²) in [7, 11) is 1.74. The van der Waals surface area contributed by atoms with Gasteiger partial charge in [-0.05, 0) is 36.6 Å². The van der Waals surface area contributed by atoms with Gasteiger partial charge in [-0.15, -0.1) is 11.3 Å². The molecule has 0 saturated carbocycles. The van der Waals surface area contributed by atoms with Crippen molar-refractivity contribution in [2.45, 2.75) is 24.9 Å². The molecule has 2 aliphatic heterocycles. The van der Waals surface area contributed by atoms with Gasteiger partial charge in [0.15, 0.2) is 0 Å². The van der Waals surface area contributed by atoms with Crippen LogP contribution in [0.2, 0.25) is 0 Å². The minimum Gasteiger partial charge on any atom is -0.477 e. The second-order valence-corrected chi connectivity index (χ2v) is 8.11. The average Bonchev–Trinajstić information content (AvgIpc) is 3.28. The third-order valence-corrected chi connectivity index (χ3v) is 6.63. The largest absolute Gasteiger partial charge is 0.477 e. The van der Waals surface area contributed by atoms with Gasteiger partial charge in [-0.2, -0.15) is 0 Å². The predicted octanol–water partition coefficient (Wildman–Crippen LogP) is 2.06. The Labute approximate surface area is 160 Å². The predicted molar refractivity (Wildman–Crippen MR) is 98.2 cm³/mol. The molecule has 1 N–H and O–H groups in total. The standard InChI is InChI=1S/C19H20N2O5S/c1-20-7-2-3-13(20)16(22)17(23)21-8-5-19(6-9-21)12-11-15(18(24)25)27-14(12)4-10-26-19/h2-3,7,11H,4-6,8-10H2,1H3,(H,24,25). The van der Waals surface area contributed by atoms with Gasteiger partial charge in [0, 0.05) is 37.6 Å². The van der Waals surface area contributed by atoms with Crippen LogP contribution in [0.5, 0.6) is 0 Å². The normalized spacial score (nSPS) is 18.3. The van der Waals surface area contributed by atoms with Gasteiger partial charge in [0.1, 0.15) is 4.88 Å². The number of aryl methyl sites for hydroxylation is 1. The fourth-order valence-electron chi connectivity index (χ4n) is 3.96. The van der Waals surface area contributed by atoms with Crippen molar-refractivity contribution in [1.29, 1.82) is 0 Å². The molecule has 4 rings (SSSR count). The van der Waals surface area contributed by atoms with Crippen LogP contribution in [0.1, 0.15) is 43.4 Å². The monoisotopic (exact) mass is 388 g/mol. The number of carboxylic acid groups (broad SMARTS) is 1. The Kier molecular flexibility index (Phi) is 4.39. The number of ketones is 1. The Balaban J connectivity index is 1.51. The van der Waals surface area contributed by atoms with Gasteiger partial charge in [0.25, 0.3) is 11.7 Å². The first kappa shape index (κ1) is 17.9. The summed E-state index contributed by atoms with van der Waals surface area (Å²) in [6.07, 6.45) is 3.56. The van der Waals surface area contributed by atoms with E-state index in [1.165, 1.54) is 11.3 Å². The van der Waals surface area contributed by atoms with Crippen molar-refractivity contribution in [3.05, 3.63) is 45.4 Å². The molecule has 4 heterocycles. The van der Waals surface area contributed by atoms with Gasteiger partial charge in [0.2, 0.25) is 0 Å². The molecule has 2 aliphatic rings. The number of nitrogens with zero attached hydrogens (tertiary/aromatic N) is 2. The quantitative estimate of drug-likeness (QED) is 0.642. The van der Waals surface area contributed by atoms with Crippen molar-refractivity contribution in [3.8, 4) is 0 Å². The molecule has 27 heavy (non-hydrogen) atoms. The van der Waals surface area contributed by atoms with Crippen LogP contribution in [0.3, 0.4) is 0 Å². The summed E-state index contributed by atoms with van der Waals surface area (Å²) in [6, 6.07) is 5.09. The number of carbonyl (C=O) groups is 3. The van der Waals surface area contributed by atoms with E-state index < -0.39 is 23.3 Å². The number of ether oxygens (including phenoxy) is 1. The number of aromatic nitrogens is 1. The summed E-state index contributed by atoms with van der Waals surface area (Å²) >= 11 is 1.31. The molecule has 0 unspecified atom stereocenters. The number of fused-ring (bicyclic) bond motifs is 2. The maximum atomic E-state index is 12.6. The highest BCUT2D eigenvalue weighted by molar-refractivity contribution is 7.14. The molecule has 1 spiro atoms. The van der Waals surface area contributed by atoms with Gasteiger partial charge in [0.05, 0.1) is 17.9 Å². The smallest absolute Gasteiger partial charge is 0.345 e. The Morgan fingerprint density at radius 1 is 1.26 bits per heavy atom. The molecule has 0 radical (unpaired) electrons. The molecule has 2 aromatic heterocycles. The third-order valence-electron chi connectivity index (χ3n) is 5.45. The number of rotatable bonds is 3. The van der Waals surface area contributed by atoms with Crippen molar-refractivity contribution >= 4 is 29.0 Å². The average molecular weight is 388 g/mol. The summed E-state index contributed by atoms with van der Waals surface area (Å²) in [5, 5.41) is 9.29. The lowest BCUT2D eigenvalue weighted by Crippen LogP contribution is -2.49. The SMILES string of the molecule is Cn1cccc1C(=O)C(=O)N1CCC2(CC1)OCCc1sc(C(=O)O)cc12. The molecule has 1 saturated heterocycles. The summed E-state index contributed by atoms with van der Waals surface area (Å²) < 4.78 is 7.73. The minimum atomic E-state index is -0.926. The van der Waals surface area contributed by atoms with Gasteiger partial charge < -0.3 is 19.3 Å². The first-order valence-corrected chi connectivity index (χ1v) is 9.68. The fraction of sp³-hybridized carbons (Fsp3) is 0.421. The number of carboxylic acids is 1. The van der Waals surface area contributed by atoms with Crippen molar-refractivity contribution in [2.24, 2.45) is 7.05 Å². The van der Waals surface area contributed by atoms with E-state index in [-0.39, 0.29) is 0 Å². The molecule has 0 bridgehead atoms. The number of likely N-dealkylation sites (tertiary alicyclic amines) is 1. The van der Waals surface area contributed by atoms with Gasteiger partial charge in [-0.3, -0.25) is 9.59 Å². The second kappa shape index (κ2) is 6.61. The first-order valence-electron chi connectivity index (χ1n) is 8.87. The van der Waals surface area contributed by atoms with E-state index in [0.717, 1.165) is 10.4 Å². The van der Waals surface area contributed by atoms with Crippen LogP contribution < -0.4 is 0 Å². The number of hydrogen-bond acceptors (Lipinski definition) is 5. The fourth-order valence-corrected chi connectivity index (χ4v) is 5.03. The van der Waals surface area contributed by atoms with Crippen molar-refractivity contribution in [2.75, 3.05) is 19.7 Å². The topological polar surface area (TPSA) is 88.8 Å². The lowest BCUT2D eigenvalue weighted by molar-refractivity contribution is -0.136. The number of thiophene rings is 1. The lowest BCUT2D eigenvalue weighted by atomic mass is 9.82.